The molecule has 0 saturated heterocycles. The van der Waals surface area contributed by atoms with Gasteiger partial charge < -0.3 is 27.8 Å². The molecule has 0 aliphatic carbocycles. The van der Waals surface area contributed by atoms with Crippen molar-refractivity contribution in [2.24, 2.45) is 0 Å². The molecule has 10 heteroatoms. The summed E-state index contributed by atoms with van der Waals surface area (Å²) in [5.41, 5.74) is 1.60. The van der Waals surface area contributed by atoms with E-state index in [-0.39, 0.29) is 76.3 Å². The minimum absolute atomic E-state index is 0. The second-order valence-electron chi connectivity index (χ2n) is 6.43. The Kier molecular flexibility index (Phi) is 17.7. The molecule has 0 atom stereocenters. The Hall–Kier alpha value is -1.85. The van der Waals surface area contributed by atoms with Gasteiger partial charge in [-0.2, -0.15) is 6.42 Å². The van der Waals surface area contributed by atoms with Crippen LogP contribution >= 0.6 is 0 Å². The molecule has 0 saturated carbocycles. The fourth-order valence-electron chi connectivity index (χ4n) is 2.54. The van der Waals surface area contributed by atoms with Gasteiger partial charge in [-0.25, -0.2) is 0 Å². The van der Waals surface area contributed by atoms with Crippen LogP contribution < -0.4 is 66.8 Å². The molecule has 34 heavy (non-hydrogen) atoms. The normalized spacial score (nSPS) is 9.71. The Labute approximate surface area is 242 Å². The molecule has 2 N–H and O–H groups in total. The van der Waals surface area contributed by atoms with Crippen LogP contribution in [0.1, 0.15) is 49.0 Å². The number of alkyl halides is 3. The number of allylic oxidation sites excluding steroid dienone is 1. The van der Waals surface area contributed by atoms with Crippen molar-refractivity contribution in [3.63, 3.8) is 0 Å². The summed E-state index contributed by atoms with van der Waals surface area (Å²) in [5, 5.41) is 5.57. The number of carbonyl (C=O) groups excluding carboxylic acids is 2. The Balaban J connectivity index is 0. The van der Waals surface area contributed by atoms with Crippen LogP contribution in [0.2, 0.25) is 0 Å². The second kappa shape index (κ2) is 17.6. The van der Waals surface area contributed by atoms with Crippen molar-refractivity contribution in [2.75, 3.05) is 12.4 Å². The summed E-state index contributed by atoms with van der Waals surface area (Å²) in [7, 11) is 1.53. The van der Waals surface area contributed by atoms with Gasteiger partial charge in [0.25, 0.3) is 0 Å². The van der Waals surface area contributed by atoms with E-state index in [4.69, 9.17) is 0 Å². The number of halogens is 3. The van der Waals surface area contributed by atoms with Gasteiger partial charge in [-0.1, -0.05) is 38.5 Å². The molecular weight excluding hydrogens is 474 g/mol. The molecule has 1 heterocycles. The van der Waals surface area contributed by atoms with Crippen molar-refractivity contribution in [1.29, 1.82) is 0 Å². The third kappa shape index (κ3) is 12.6. The topological polar surface area (TPSA) is 80.3 Å². The van der Waals surface area contributed by atoms with E-state index < -0.39 is 6.36 Å². The summed E-state index contributed by atoms with van der Waals surface area (Å²) >= 11 is 0. The molecule has 0 bridgehead atoms. The predicted molar refractivity (Wildman–Crippen MR) is 124 cm³/mol. The number of hydrogen-bond acceptors (Lipinski definition) is 5. The Morgan fingerprint density at radius 3 is 2.24 bits per heavy atom. The monoisotopic (exact) mass is 504 g/mol. The molecule has 0 fully saturated rings. The van der Waals surface area contributed by atoms with Crippen molar-refractivity contribution in [2.45, 2.75) is 39.5 Å². The third-order valence-corrected chi connectivity index (χ3v) is 3.94. The summed E-state index contributed by atoms with van der Waals surface area (Å²) in [6.45, 7) is 7.23. The number of rotatable bonds is 9. The number of pyridine rings is 1. The van der Waals surface area contributed by atoms with Gasteiger partial charge in [0.05, 0.1) is 0 Å². The number of carbonyl (C=O) groups is 2. The van der Waals surface area contributed by atoms with E-state index >= 15 is 0 Å². The third-order valence-electron chi connectivity index (χ3n) is 3.94. The van der Waals surface area contributed by atoms with E-state index in [9.17, 15) is 22.8 Å². The largest absolute Gasteiger partial charge is 1.00 e. The van der Waals surface area contributed by atoms with Gasteiger partial charge in [-0.15, -0.1) is 18.7 Å². The molecule has 0 aliphatic heterocycles. The summed E-state index contributed by atoms with van der Waals surface area (Å²) in [6.07, 6.45) is 2.21. The van der Waals surface area contributed by atoms with Gasteiger partial charge >= 0.3 is 57.7 Å². The molecule has 1 aromatic carbocycles. The van der Waals surface area contributed by atoms with Crippen LogP contribution in [0.15, 0.2) is 49.2 Å². The molecule has 0 spiro atoms. The number of nitrogens with zero attached hydrogens (tertiary/aromatic N) is 1. The molecule has 2 rings (SSSR count). The molecule has 1 aromatic heterocycles. The van der Waals surface area contributed by atoms with Crippen molar-refractivity contribution in [1.82, 2.24) is 10.3 Å². The number of ether oxygens (including phenoxy) is 1. The first kappa shape index (κ1) is 34.3. The summed E-state index contributed by atoms with van der Waals surface area (Å²) in [5.74, 6) is 0.0134. The van der Waals surface area contributed by atoms with Gasteiger partial charge in [0, 0.05) is 31.2 Å². The van der Waals surface area contributed by atoms with Crippen LogP contribution in [0.3, 0.4) is 0 Å². The van der Waals surface area contributed by atoms with E-state index in [0.29, 0.717) is 35.5 Å². The number of ketones is 1. The van der Waals surface area contributed by atoms with Gasteiger partial charge in [-0.3, -0.25) is 9.59 Å². The maximum absolute atomic E-state index is 12.2. The zero-order valence-electron chi connectivity index (χ0n) is 20.3. The first-order chi connectivity index (χ1) is 15.1. The van der Waals surface area contributed by atoms with Gasteiger partial charge in [-0.05, 0) is 36.8 Å². The van der Waals surface area contributed by atoms with Crippen LogP contribution in [0.25, 0.3) is 0 Å². The first-order valence-corrected chi connectivity index (χ1v) is 9.97. The minimum Gasteiger partial charge on any atom is -0.406 e. The van der Waals surface area contributed by atoms with Crippen LogP contribution in [0, 0.1) is 13.8 Å². The smallest absolute Gasteiger partial charge is 0.406 e. The minimum atomic E-state index is -4.73. The van der Waals surface area contributed by atoms with Gasteiger partial charge in [0.15, 0.2) is 11.7 Å². The zero-order chi connectivity index (χ0) is 24.1. The fraction of sp³-hybridized carbons (Fsp3) is 0.292. The summed E-state index contributed by atoms with van der Waals surface area (Å²) in [6, 6.07) is 6.87. The van der Waals surface area contributed by atoms with Crippen molar-refractivity contribution in [3.05, 3.63) is 74.2 Å². The standard InChI is InChI=1S/C17H17F3N3O2.C6H10O.CH3.K/c1-3-4-13-14(16(24)21-2)9-10-22-15(13)23-11-5-7-12(8-6-11)25-17(18,19)20;1-3-5-6(7)4-2;;/h4-10H,3H2,1-2H3,(H,21,24)(H,22,23);4H,2-3,5H2,1H3;1H3;/q-1;;-1;+1. The first-order valence-electron chi connectivity index (χ1n) is 9.97. The number of anilines is 2. The van der Waals surface area contributed by atoms with Crippen molar-refractivity contribution >= 4 is 23.2 Å². The number of aromatic nitrogens is 1. The number of nitrogens with one attached hydrogen (secondary N) is 2. The van der Waals surface area contributed by atoms with Crippen LogP contribution in [-0.4, -0.2) is 30.1 Å². The van der Waals surface area contributed by atoms with E-state index in [1.165, 1.54) is 43.6 Å². The molecule has 6 nitrogen and oxygen atoms in total. The van der Waals surface area contributed by atoms with E-state index in [1.54, 1.807) is 6.07 Å². The van der Waals surface area contributed by atoms with E-state index in [0.717, 1.165) is 6.42 Å². The van der Waals surface area contributed by atoms with E-state index in [1.807, 2.05) is 20.3 Å². The van der Waals surface area contributed by atoms with Crippen LogP contribution in [0.5, 0.6) is 5.75 Å². The van der Waals surface area contributed by atoms with Crippen molar-refractivity contribution in [3.8, 4) is 5.75 Å². The number of amides is 1. The molecular formula is C24H30F3KN3O3-. The zero-order valence-corrected chi connectivity index (χ0v) is 23.4. The SMILES string of the molecule is C=CC(=O)CCC.CC[CH-]c1c(C(=O)NC)ccnc1Nc1ccc(OC(F)(F)F)cc1.[CH3-].[K+]. The van der Waals surface area contributed by atoms with Gasteiger partial charge in [0.2, 0.25) is 0 Å². The van der Waals surface area contributed by atoms with Crippen LogP contribution in [0.4, 0.5) is 24.7 Å². The molecule has 1 amide bonds. The van der Waals surface area contributed by atoms with E-state index in [2.05, 4.69) is 26.9 Å². The number of benzene rings is 1. The maximum Gasteiger partial charge on any atom is 1.00 e. The molecule has 0 radical (unpaired) electrons. The Morgan fingerprint density at radius 2 is 1.79 bits per heavy atom. The Bertz CT molecular complexity index is 905. The average molecular weight is 505 g/mol. The average Bonchev–Trinajstić information content (AvgIpc) is 2.75. The number of hydrogen-bond donors (Lipinski definition) is 2. The fourth-order valence-corrected chi connectivity index (χ4v) is 2.54. The van der Waals surface area contributed by atoms with Crippen molar-refractivity contribution < 1.29 is 78.9 Å². The quantitative estimate of drug-likeness (QED) is 0.312. The van der Waals surface area contributed by atoms with Crippen LogP contribution in [-0.2, 0) is 4.79 Å². The summed E-state index contributed by atoms with van der Waals surface area (Å²) < 4.78 is 40.4. The summed E-state index contributed by atoms with van der Waals surface area (Å²) in [4.78, 5) is 26.5. The molecule has 182 valence electrons. The van der Waals surface area contributed by atoms with Gasteiger partial charge in [0.1, 0.15) is 5.75 Å². The maximum atomic E-state index is 12.2. The predicted octanol–water partition coefficient (Wildman–Crippen LogP) is 3.04. The molecule has 0 unspecified atom stereocenters. The molecule has 0 aliphatic rings. The Morgan fingerprint density at radius 1 is 1.18 bits per heavy atom. The molecule has 2 aromatic rings. The second-order valence-corrected chi connectivity index (χ2v) is 6.43.